The number of piperidine rings is 1. The lowest BCUT2D eigenvalue weighted by atomic mass is 9.90. The Morgan fingerprint density at radius 1 is 1.00 bits per heavy atom. The summed E-state index contributed by atoms with van der Waals surface area (Å²) in [5.41, 5.74) is 5.65. The molecule has 2 unspecified atom stereocenters. The van der Waals surface area contributed by atoms with Gasteiger partial charge in [0.25, 0.3) is 5.91 Å². The minimum atomic E-state index is -0.230. The van der Waals surface area contributed by atoms with Crippen molar-refractivity contribution in [2.75, 3.05) is 46.8 Å². The summed E-state index contributed by atoms with van der Waals surface area (Å²) in [4.78, 5) is 31.5. The predicted octanol–water partition coefficient (Wildman–Crippen LogP) is 7.40. The molecule has 1 fully saturated rings. The molecule has 0 spiro atoms. The summed E-state index contributed by atoms with van der Waals surface area (Å²) in [5, 5.41) is 4.35. The lowest BCUT2D eigenvalue weighted by Gasteiger charge is -2.45. The summed E-state index contributed by atoms with van der Waals surface area (Å²) in [6, 6.07) is 23.8. The maximum Gasteiger partial charge on any atom is 0.255 e. The number of halogens is 1. The molecule has 262 valence electrons. The van der Waals surface area contributed by atoms with E-state index in [1.54, 1.807) is 33.5 Å². The van der Waals surface area contributed by atoms with Crippen LogP contribution < -0.4 is 19.5 Å². The van der Waals surface area contributed by atoms with Crippen LogP contribution in [0.4, 0.5) is 5.95 Å². The highest BCUT2D eigenvalue weighted by atomic mass is 35.5. The molecule has 0 bridgehead atoms. The smallest absolute Gasteiger partial charge is 0.255 e. The van der Waals surface area contributed by atoms with Gasteiger partial charge in [0, 0.05) is 61.0 Å². The third kappa shape index (κ3) is 7.51. The fraction of sp³-hybridized carbons (Fsp3) is 0.359. The van der Waals surface area contributed by atoms with Crippen molar-refractivity contribution in [2.24, 2.45) is 0 Å². The molecule has 5 aromatic rings. The number of nitrogens with zero attached hydrogens (tertiary/aromatic N) is 4. The Morgan fingerprint density at radius 3 is 2.38 bits per heavy atom. The van der Waals surface area contributed by atoms with Gasteiger partial charge in [-0.2, -0.15) is 0 Å². The average molecular weight is 697 g/mol. The highest BCUT2D eigenvalue weighted by Crippen LogP contribution is 2.39. The van der Waals surface area contributed by atoms with Gasteiger partial charge in [-0.3, -0.25) is 14.7 Å². The maximum atomic E-state index is 14.3. The Hall–Kier alpha value is -4.80. The third-order valence-electron chi connectivity index (χ3n) is 9.64. The molecular formula is C39H45ClN6O4. The van der Waals surface area contributed by atoms with E-state index in [4.69, 9.17) is 30.8 Å². The van der Waals surface area contributed by atoms with Gasteiger partial charge in [0.2, 0.25) is 11.7 Å². The molecule has 0 aliphatic carbocycles. The van der Waals surface area contributed by atoms with Gasteiger partial charge in [0.05, 0.1) is 38.5 Å². The van der Waals surface area contributed by atoms with Crippen LogP contribution in [0.1, 0.15) is 59.3 Å². The Balaban J connectivity index is 1.23. The van der Waals surface area contributed by atoms with E-state index in [9.17, 15) is 4.79 Å². The molecule has 0 radical (unpaired) electrons. The standard InChI is InChI=1S/C39H45ClN6O4/c1-6-31(25-11-9-13-28(40)21-25)37(45(2)38(47)27-23-33(48-3)36(50-5)34(24-27)49-4)46-19-16-29(17-20-46)42-39-43-32-15-10-12-26(35(32)44-39)22-30-14-7-8-18-41-30/h7-15,18,21,23-24,29,31,37H,6,16-17,19-20,22H2,1-5H3,(H2,42,43,44). The molecule has 0 saturated carbocycles. The molecule has 2 atom stereocenters. The molecule has 10 nitrogen and oxygen atoms in total. The monoisotopic (exact) mass is 696 g/mol. The van der Waals surface area contributed by atoms with Crippen molar-refractivity contribution in [3.8, 4) is 17.2 Å². The van der Waals surface area contributed by atoms with Crippen molar-refractivity contribution in [1.82, 2.24) is 24.8 Å². The van der Waals surface area contributed by atoms with E-state index < -0.39 is 0 Å². The summed E-state index contributed by atoms with van der Waals surface area (Å²) in [6.45, 7) is 3.74. The van der Waals surface area contributed by atoms with E-state index in [1.807, 2.05) is 54.5 Å². The van der Waals surface area contributed by atoms with Crippen LogP contribution in [-0.4, -0.2) is 84.3 Å². The number of para-hydroxylation sites is 1. The molecule has 2 aromatic heterocycles. The normalized spacial score (nSPS) is 15.0. The fourth-order valence-electron chi connectivity index (χ4n) is 7.16. The zero-order valence-electron chi connectivity index (χ0n) is 29.3. The predicted molar refractivity (Wildman–Crippen MR) is 198 cm³/mol. The number of amides is 1. The zero-order valence-corrected chi connectivity index (χ0v) is 30.0. The van der Waals surface area contributed by atoms with Gasteiger partial charge in [-0.15, -0.1) is 0 Å². The summed E-state index contributed by atoms with van der Waals surface area (Å²) in [6.07, 6.45) is 4.89. The van der Waals surface area contributed by atoms with Crippen molar-refractivity contribution in [3.63, 3.8) is 0 Å². The second-order valence-corrected chi connectivity index (χ2v) is 13.1. The second kappa shape index (κ2) is 15.8. The number of benzene rings is 3. The zero-order chi connectivity index (χ0) is 35.2. The van der Waals surface area contributed by atoms with Crippen LogP contribution in [0.25, 0.3) is 11.0 Å². The molecule has 1 amide bonds. The number of hydrogen-bond donors (Lipinski definition) is 2. The Labute approximate surface area is 298 Å². The number of carbonyl (C=O) groups excluding carboxylic acids is 1. The number of likely N-dealkylation sites (tertiary alicyclic amines) is 1. The van der Waals surface area contributed by atoms with Crippen LogP contribution >= 0.6 is 11.6 Å². The summed E-state index contributed by atoms with van der Waals surface area (Å²) >= 11 is 6.49. The van der Waals surface area contributed by atoms with E-state index in [-0.39, 0.29) is 24.0 Å². The van der Waals surface area contributed by atoms with Gasteiger partial charge in [-0.1, -0.05) is 48.9 Å². The van der Waals surface area contributed by atoms with E-state index in [1.165, 1.54) is 0 Å². The average Bonchev–Trinajstić information content (AvgIpc) is 3.57. The van der Waals surface area contributed by atoms with Gasteiger partial charge in [-0.05, 0) is 72.9 Å². The minimum Gasteiger partial charge on any atom is -0.493 e. The number of aromatic amines is 1. The number of hydrogen-bond acceptors (Lipinski definition) is 8. The number of pyridine rings is 1. The number of carbonyl (C=O) groups is 1. The first-order chi connectivity index (χ1) is 24.3. The van der Waals surface area contributed by atoms with E-state index in [2.05, 4.69) is 51.4 Å². The van der Waals surface area contributed by atoms with Crippen molar-refractivity contribution < 1.29 is 19.0 Å². The number of rotatable bonds is 13. The van der Waals surface area contributed by atoms with Gasteiger partial charge in [-0.25, -0.2) is 4.98 Å². The van der Waals surface area contributed by atoms with Crippen LogP contribution in [-0.2, 0) is 6.42 Å². The topological polar surface area (TPSA) is 105 Å². The molecule has 50 heavy (non-hydrogen) atoms. The van der Waals surface area contributed by atoms with Crippen LogP contribution in [0.15, 0.2) is 79.0 Å². The van der Waals surface area contributed by atoms with Crippen molar-refractivity contribution >= 4 is 34.5 Å². The quantitative estimate of drug-likeness (QED) is 0.131. The molecule has 1 saturated heterocycles. The summed E-state index contributed by atoms with van der Waals surface area (Å²) in [5.74, 6) is 1.95. The van der Waals surface area contributed by atoms with Crippen molar-refractivity contribution in [3.05, 3.63) is 106 Å². The highest BCUT2D eigenvalue weighted by Gasteiger charge is 2.36. The number of imidazole rings is 1. The van der Waals surface area contributed by atoms with Gasteiger partial charge < -0.3 is 29.4 Å². The first-order valence-corrected chi connectivity index (χ1v) is 17.4. The van der Waals surface area contributed by atoms with Crippen LogP contribution in [0.3, 0.4) is 0 Å². The number of fused-ring (bicyclic) bond motifs is 1. The molecule has 3 aromatic carbocycles. The molecule has 1 aliphatic heterocycles. The number of nitrogens with one attached hydrogen (secondary N) is 2. The molecule has 11 heteroatoms. The first kappa shape index (κ1) is 35.0. The number of methoxy groups -OCH3 is 3. The van der Waals surface area contributed by atoms with Gasteiger partial charge >= 0.3 is 0 Å². The SMILES string of the molecule is CCC(c1cccc(Cl)c1)C(N1CCC(Nc2nc3c(Cc4ccccn4)cccc3[nH]2)CC1)N(C)C(=O)c1cc(OC)c(OC)c(OC)c1. The van der Waals surface area contributed by atoms with Crippen molar-refractivity contribution in [2.45, 2.75) is 50.7 Å². The number of likely N-dealkylation sites (N-methyl/N-ethyl adjacent to an activating group) is 1. The summed E-state index contributed by atoms with van der Waals surface area (Å²) < 4.78 is 16.7. The molecule has 1 aliphatic rings. The minimum absolute atomic E-state index is 0.0158. The highest BCUT2D eigenvalue weighted by molar-refractivity contribution is 6.30. The number of H-pyrrole nitrogens is 1. The fourth-order valence-corrected chi connectivity index (χ4v) is 7.35. The van der Waals surface area contributed by atoms with Gasteiger partial charge in [0.1, 0.15) is 0 Å². The first-order valence-electron chi connectivity index (χ1n) is 17.0. The number of anilines is 1. The largest absolute Gasteiger partial charge is 0.493 e. The van der Waals surface area contributed by atoms with Crippen LogP contribution in [0, 0.1) is 0 Å². The third-order valence-corrected chi connectivity index (χ3v) is 9.88. The Morgan fingerprint density at radius 2 is 1.74 bits per heavy atom. The second-order valence-electron chi connectivity index (χ2n) is 12.7. The van der Waals surface area contributed by atoms with E-state index in [0.29, 0.717) is 27.8 Å². The van der Waals surface area contributed by atoms with Gasteiger partial charge in [0.15, 0.2) is 11.5 Å². The molecule has 2 N–H and O–H groups in total. The Kier molecular flexibility index (Phi) is 11.1. The summed E-state index contributed by atoms with van der Waals surface area (Å²) in [7, 11) is 6.53. The number of aromatic nitrogens is 3. The van der Waals surface area contributed by atoms with Crippen LogP contribution in [0.5, 0.6) is 17.2 Å². The molecular weight excluding hydrogens is 652 g/mol. The number of ether oxygens (including phenoxy) is 3. The molecule has 3 heterocycles. The Bertz CT molecular complexity index is 1880. The van der Waals surface area contributed by atoms with Crippen LogP contribution in [0.2, 0.25) is 5.02 Å². The maximum absolute atomic E-state index is 14.3. The lowest BCUT2D eigenvalue weighted by Crippen LogP contribution is -2.55. The van der Waals surface area contributed by atoms with E-state index >= 15 is 0 Å². The van der Waals surface area contributed by atoms with E-state index in [0.717, 1.165) is 72.6 Å². The van der Waals surface area contributed by atoms with Crippen molar-refractivity contribution in [1.29, 1.82) is 0 Å². The lowest BCUT2D eigenvalue weighted by molar-refractivity contribution is 0.0200. The molecule has 6 rings (SSSR count).